The van der Waals surface area contributed by atoms with Gasteiger partial charge in [0, 0.05) is 19.7 Å². The third-order valence-electron chi connectivity index (χ3n) is 5.95. The molecule has 1 aromatic rings. The van der Waals surface area contributed by atoms with Gasteiger partial charge in [0.1, 0.15) is 12.7 Å². The fraction of sp³-hybridized carbons (Fsp3) is 0.727. The lowest BCUT2D eigenvalue weighted by Crippen LogP contribution is -2.38. The van der Waals surface area contributed by atoms with Gasteiger partial charge >= 0.3 is 0 Å². The van der Waals surface area contributed by atoms with Crippen LogP contribution in [0.25, 0.3) is 0 Å². The van der Waals surface area contributed by atoms with E-state index in [0.717, 1.165) is 45.6 Å². The van der Waals surface area contributed by atoms with Crippen molar-refractivity contribution < 1.29 is 19.7 Å². The molecule has 2 aliphatic heterocycles. The summed E-state index contributed by atoms with van der Waals surface area (Å²) in [6, 6.07) is 6.06. The molecule has 1 unspecified atom stereocenters. The zero-order chi connectivity index (χ0) is 19.8. The highest BCUT2D eigenvalue weighted by molar-refractivity contribution is 5.43. The number of piperidine rings is 2. The van der Waals surface area contributed by atoms with Crippen LogP contribution >= 0.6 is 0 Å². The molecule has 158 valence electrons. The van der Waals surface area contributed by atoms with Crippen LogP contribution in [0.4, 0.5) is 0 Å². The molecule has 1 atom stereocenters. The summed E-state index contributed by atoms with van der Waals surface area (Å²) in [5.74, 6) is 1.85. The van der Waals surface area contributed by atoms with Crippen molar-refractivity contribution >= 4 is 0 Å². The Kier molecular flexibility index (Phi) is 8.40. The summed E-state index contributed by atoms with van der Waals surface area (Å²) in [7, 11) is 1.64. The number of ether oxygens (including phenoxy) is 2. The van der Waals surface area contributed by atoms with Gasteiger partial charge in [0.15, 0.2) is 11.5 Å². The smallest absolute Gasteiger partial charge is 0.161 e. The predicted molar refractivity (Wildman–Crippen MR) is 110 cm³/mol. The van der Waals surface area contributed by atoms with Crippen LogP contribution in [0.3, 0.4) is 0 Å². The summed E-state index contributed by atoms with van der Waals surface area (Å²) in [4.78, 5) is 4.74. The van der Waals surface area contributed by atoms with Gasteiger partial charge in [-0.15, -0.1) is 0 Å². The monoisotopic (exact) mass is 392 g/mol. The summed E-state index contributed by atoms with van der Waals surface area (Å²) in [5.41, 5.74) is 1.18. The minimum atomic E-state index is -0.496. The lowest BCUT2D eigenvalue weighted by molar-refractivity contribution is 0.0607. The molecule has 3 rings (SSSR count). The number of likely N-dealkylation sites (tertiary alicyclic amines) is 2. The maximum atomic E-state index is 10.4. The number of aliphatic hydroxyl groups excluding tert-OH is 2. The van der Waals surface area contributed by atoms with Gasteiger partial charge in [-0.3, -0.25) is 4.90 Å². The van der Waals surface area contributed by atoms with Crippen molar-refractivity contribution in [2.24, 2.45) is 5.92 Å². The largest absolute Gasteiger partial charge is 0.493 e. The van der Waals surface area contributed by atoms with Gasteiger partial charge in [0.25, 0.3) is 0 Å². The van der Waals surface area contributed by atoms with Gasteiger partial charge in [-0.2, -0.15) is 0 Å². The molecule has 2 fully saturated rings. The minimum Gasteiger partial charge on any atom is -0.493 e. The fourth-order valence-corrected chi connectivity index (χ4v) is 4.20. The second-order valence-corrected chi connectivity index (χ2v) is 8.21. The summed E-state index contributed by atoms with van der Waals surface area (Å²) in [6.45, 7) is 6.29. The Morgan fingerprint density at radius 1 is 1.04 bits per heavy atom. The van der Waals surface area contributed by atoms with Gasteiger partial charge in [-0.05, 0) is 75.5 Å². The van der Waals surface area contributed by atoms with E-state index >= 15 is 0 Å². The van der Waals surface area contributed by atoms with E-state index in [1.165, 1.54) is 24.8 Å². The van der Waals surface area contributed by atoms with Crippen LogP contribution in [0.2, 0.25) is 0 Å². The van der Waals surface area contributed by atoms with E-state index in [1.54, 1.807) is 7.11 Å². The molecule has 0 aliphatic carbocycles. The van der Waals surface area contributed by atoms with Crippen LogP contribution in [0.1, 0.15) is 37.7 Å². The standard InChI is InChI=1S/C22H36N2O4/c1-27-21-6-5-19(14-24-11-7-18(16-25)8-12-24)13-22(21)28-17-20(26)15-23-9-3-2-4-10-23/h5-6,13,18,20,25-26H,2-4,7-12,14-17H2,1H3. The minimum absolute atomic E-state index is 0.276. The highest BCUT2D eigenvalue weighted by Gasteiger charge is 2.19. The summed E-state index contributed by atoms with van der Waals surface area (Å²) >= 11 is 0. The van der Waals surface area contributed by atoms with Gasteiger partial charge in [0.05, 0.1) is 7.11 Å². The van der Waals surface area contributed by atoms with Crippen LogP contribution in [-0.4, -0.2) is 79.2 Å². The molecule has 28 heavy (non-hydrogen) atoms. The highest BCUT2D eigenvalue weighted by Crippen LogP contribution is 2.29. The number of aliphatic hydroxyl groups is 2. The van der Waals surface area contributed by atoms with Crippen molar-refractivity contribution in [3.63, 3.8) is 0 Å². The zero-order valence-corrected chi connectivity index (χ0v) is 17.2. The molecule has 6 heteroatoms. The lowest BCUT2D eigenvalue weighted by atomic mass is 9.97. The molecule has 2 N–H and O–H groups in total. The molecule has 2 aliphatic rings. The topological polar surface area (TPSA) is 65.4 Å². The Hall–Kier alpha value is -1.34. The second kappa shape index (κ2) is 11.0. The number of benzene rings is 1. The SMILES string of the molecule is COc1ccc(CN2CCC(CO)CC2)cc1OCC(O)CN1CCCCC1. The first-order valence-electron chi connectivity index (χ1n) is 10.7. The number of nitrogens with zero attached hydrogens (tertiary/aromatic N) is 2. The Morgan fingerprint density at radius 2 is 1.79 bits per heavy atom. The highest BCUT2D eigenvalue weighted by atomic mass is 16.5. The second-order valence-electron chi connectivity index (χ2n) is 8.21. The van der Waals surface area contributed by atoms with Gasteiger partial charge in [0.2, 0.25) is 0 Å². The summed E-state index contributed by atoms with van der Waals surface area (Å²) in [5, 5.41) is 19.7. The summed E-state index contributed by atoms with van der Waals surface area (Å²) in [6.07, 6.45) is 5.35. The molecule has 0 aromatic heterocycles. The van der Waals surface area contributed by atoms with E-state index in [0.29, 0.717) is 30.6 Å². The molecule has 0 radical (unpaired) electrons. The maximum absolute atomic E-state index is 10.4. The third-order valence-corrected chi connectivity index (χ3v) is 5.95. The molecule has 0 bridgehead atoms. The van der Waals surface area contributed by atoms with Crippen molar-refractivity contribution in [2.45, 2.75) is 44.8 Å². The van der Waals surface area contributed by atoms with Crippen LogP contribution in [0, 0.1) is 5.92 Å². The molecule has 2 heterocycles. The van der Waals surface area contributed by atoms with E-state index in [2.05, 4.69) is 15.9 Å². The van der Waals surface area contributed by atoms with Crippen LogP contribution in [0.15, 0.2) is 18.2 Å². The van der Waals surface area contributed by atoms with E-state index in [9.17, 15) is 10.2 Å². The molecule has 6 nitrogen and oxygen atoms in total. The molecular weight excluding hydrogens is 356 g/mol. The van der Waals surface area contributed by atoms with Crippen molar-refractivity contribution in [1.29, 1.82) is 0 Å². The number of hydrogen-bond donors (Lipinski definition) is 2. The summed E-state index contributed by atoms with van der Waals surface area (Å²) < 4.78 is 11.4. The zero-order valence-electron chi connectivity index (χ0n) is 17.2. The van der Waals surface area contributed by atoms with E-state index < -0.39 is 6.10 Å². The average Bonchev–Trinajstić information content (AvgIpc) is 2.73. The molecule has 2 saturated heterocycles. The Morgan fingerprint density at radius 3 is 2.46 bits per heavy atom. The number of methoxy groups -OCH3 is 1. The van der Waals surface area contributed by atoms with Gasteiger partial charge < -0.3 is 24.6 Å². The van der Waals surface area contributed by atoms with Crippen LogP contribution in [0.5, 0.6) is 11.5 Å². The third kappa shape index (κ3) is 6.34. The number of β-amino-alcohol motifs (C(OH)–C–C–N with tert-alkyl or cyclic N) is 1. The number of rotatable bonds is 9. The van der Waals surface area contributed by atoms with Crippen molar-refractivity contribution in [1.82, 2.24) is 9.80 Å². The van der Waals surface area contributed by atoms with Crippen LogP contribution < -0.4 is 9.47 Å². The van der Waals surface area contributed by atoms with Crippen molar-refractivity contribution in [3.8, 4) is 11.5 Å². The quantitative estimate of drug-likeness (QED) is 0.671. The molecular formula is C22H36N2O4. The van der Waals surface area contributed by atoms with Gasteiger partial charge in [-0.1, -0.05) is 12.5 Å². The molecule has 0 spiro atoms. The van der Waals surface area contributed by atoms with E-state index in [1.807, 2.05) is 12.1 Å². The maximum Gasteiger partial charge on any atom is 0.161 e. The number of hydrogen-bond acceptors (Lipinski definition) is 6. The first-order valence-corrected chi connectivity index (χ1v) is 10.7. The van der Waals surface area contributed by atoms with Crippen LogP contribution in [-0.2, 0) is 6.54 Å². The molecule has 0 saturated carbocycles. The first-order chi connectivity index (χ1) is 13.7. The van der Waals surface area contributed by atoms with Gasteiger partial charge in [-0.25, -0.2) is 0 Å². The van der Waals surface area contributed by atoms with E-state index in [4.69, 9.17) is 9.47 Å². The van der Waals surface area contributed by atoms with Crippen molar-refractivity contribution in [2.75, 3.05) is 53.0 Å². The molecule has 0 amide bonds. The predicted octanol–water partition coefficient (Wildman–Crippen LogP) is 2.13. The fourth-order valence-electron chi connectivity index (χ4n) is 4.20. The lowest BCUT2D eigenvalue weighted by Gasteiger charge is -2.31. The first kappa shape index (κ1) is 21.4. The Balaban J connectivity index is 1.52. The average molecular weight is 393 g/mol. The normalized spacial score (nSPS) is 20.8. The Bertz CT molecular complexity index is 584. The Labute approximate surface area is 169 Å². The van der Waals surface area contributed by atoms with Crippen molar-refractivity contribution in [3.05, 3.63) is 23.8 Å². The van der Waals surface area contributed by atoms with E-state index in [-0.39, 0.29) is 6.61 Å². The molecule has 1 aromatic carbocycles.